The first-order valence-corrected chi connectivity index (χ1v) is 3.91. The van der Waals surface area contributed by atoms with Crippen LogP contribution >= 0.6 is 0 Å². The third kappa shape index (κ3) is 2.83. The second-order valence-electron chi connectivity index (χ2n) is 2.59. The zero-order valence-corrected chi connectivity index (χ0v) is 7.36. The molecule has 0 aliphatic carbocycles. The summed E-state index contributed by atoms with van der Waals surface area (Å²) < 4.78 is 4.87. The predicted molar refractivity (Wildman–Crippen MR) is 46.8 cm³/mol. The van der Waals surface area contributed by atoms with Crippen molar-refractivity contribution in [2.75, 3.05) is 13.7 Å². The Morgan fingerprint density at radius 1 is 1.62 bits per heavy atom. The Balaban J connectivity index is 2.64. The second kappa shape index (κ2) is 4.57. The van der Waals surface area contributed by atoms with E-state index < -0.39 is 5.97 Å². The first kappa shape index (κ1) is 9.67. The number of carbonyl (C=O) groups is 1. The maximum absolute atomic E-state index is 10.5. The van der Waals surface area contributed by atoms with Crippen molar-refractivity contribution in [3.05, 3.63) is 29.6 Å². The molecule has 4 heteroatoms. The van der Waals surface area contributed by atoms with E-state index in [9.17, 15) is 4.79 Å². The third-order valence-corrected chi connectivity index (χ3v) is 1.63. The number of carboxylic acid groups (broad SMARTS) is 1. The summed E-state index contributed by atoms with van der Waals surface area (Å²) in [5.41, 5.74) is 1.05. The van der Waals surface area contributed by atoms with Gasteiger partial charge >= 0.3 is 5.97 Å². The highest BCUT2D eigenvalue weighted by Crippen LogP contribution is 2.00. The Bertz CT molecular complexity index is 281. The maximum atomic E-state index is 10.5. The fourth-order valence-electron chi connectivity index (χ4n) is 0.906. The van der Waals surface area contributed by atoms with Crippen LogP contribution < -0.4 is 0 Å². The van der Waals surface area contributed by atoms with Crippen molar-refractivity contribution in [3.8, 4) is 0 Å². The summed E-state index contributed by atoms with van der Waals surface area (Å²) in [6, 6.07) is 3.24. The molecule has 1 rings (SSSR count). The van der Waals surface area contributed by atoms with E-state index in [2.05, 4.69) is 4.98 Å². The number of aromatic carboxylic acids is 1. The first-order chi connectivity index (χ1) is 6.24. The molecule has 0 fully saturated rings. The quantitative estimate of drug-likeness (QED) is 0.751. The molecule has 0 saturated heterocycles. The van der Waals surface area contributed by atoms with Gasteiger partial charge in [0.2, 0.25) is 0 Å². The topological polar surface area (TPSA) is 59.4 Å². The van der Waals surface area contributed by atoms with Crippen LogP contribution in [0.4, 0.5) is 0 Å². The van der Waals surface area contributed by atoms with E-state index in [-0.39, 0.29) is 5.56 Å². The van der Waals surface area contributed by atoms with E-state index in [0.29, 0.717) is 13.0 Å². The summed E-state index contributed by atoms with van der Waals surface area (Å²) in [6.45, 7) is 0.597. The van der Waals surface area contributed by atoms with Crippen LogP contribution in [0.1, 0.15) is 16.1 Å². The lowest BCUT2D eigenvalue weighted by molar-refractivity contribution is 0.0696. The first-order valence-electron chi connectivity index (χ1n) is 3.91. The molecular weight excluding hydrogens is 170 g/mol. The summed E-state index contributed by atoms with van der Waals surface area (Å²) in [6.07, 6.45) is 2.06. The molecule has 1 N–H and O–H groups in total. The summed E-state index contributed by atoms with van der Waals surface area (Å²) in [5.74, 6) is -0.953. The van der Waals surface area contributed by atoms with Crippen LogP contribution in [0.25, 0.3) is 0 Å². The molecule has 70 valence electrons. The Morgan fingerprint density at radius 2 is 2.38 bits per heavy atom. The third-order valence-electron chi connectivity index (χ3n) is 1.63. The van der Waals surface area contributed by atoms with Crippen molar-refractivity contribution in [2.45, 2.75) is 6.42 Å². The van der Waals surface area contributed by atoms with E-state index in [1.807, 2.05) is 0 Å². The molecule has 0 aliphatic rings. The maximum Gasteiger partial charge on any atom is 0.337 e. The lowest BCUT2D eigenvalue weighted by Crippen LogP contribution is -2.01. The Kier molecular flexibility index (Phi) is 3.40. The normalized spacial score (nSPS) is 9.92. The van der Waals surface area contributed by atoms with Crippen LogP contribution in [0, 0.1) is 0 Å². The minimum absolute atomic E-state index is 0.209. The van der Waals surface area contributed by atoms with Crippen LogP contribution in [-0.4, -0.2) is 29.8 Å². The van der Waals surface area contributed by atoms with Gasteiger partial charge in [-0.3, -0.25) is 4.98 Å². The molecule has 0 saturated carbocycles. The molecule has 13 heavy (non-hydrogen) atoms. The molecule has 1 aromatic heterocycles. The smallest absolute Gasteiger partial charge is 0.337 e. The Morgan fingerprint density at radius 3 is 2.85 bits per heavy atom. The van der Waals surface area contributed by atoms with Crippen molar-refractivity contribution in [2.24, 2.45) is 0 Å². The molecular formula is C9H11NO3. The van der Waals surface area contributed by atoms with E-state index >= 15 is 0 Å². The summed E-state index contributed by atoms with van der Waals surface area (Å²) in [5, 5.41) is 8.59. The van der Waals surface area contributed by atoms with Crippen molar-refractivity contribution >= 4 is 5.97 Å². The van der Waals surface area contributed by atoms with E-state index in [1.165, 1.54) is 6.20 Å². The number of methoxy groups -OCH3 is 1. The highest BCUT2D eigenvalue weighted by atomic mass is 16.5. The van der Waals surface area contributed by atoms with Crippen LogP contribution in [0.2, 0.25) is 0 Å². The molecule has 0 bridgehead atoms. The number of nitrogens with zero attached hydrogens (tertiary/aromatic N) is 1. The molecule has 0 aromatic carbocycles. The number of ether oxygens (including phenoxy) is 1. The number of hydrogen-bond donors (Lipinski definition) is 1. The summed E-state index contributed by atoms with van der Waals surface area (Å²) in [7, 11) is 1.62. The van der Waals surface area contributed by atoms with Crippen molar-refractivity contribution in [1.29, 1.82) is 0 Å². The van der Waals surface area contributed by atoms with E-state index in [4.69, 9.17) is 9.84 Å². The zero-order chi connectivity index (χ0) is 9.68. The number of pyridine rings is 1. The number of aromatic nitrogens is 1. The van der Waals surface area contributed by atoms with E-state index in [0.717, 1.165) is 5.69 Å². The minimum atomic E-state index is -0.953. The summed E-state index contributed by atoms with van der Waals surface area (Å²) in [4.78, 5) is 14.4. The Labute approximate surface area is 76.2 Å². The molecule has 1 heterocycles. The SMILES string of the molecule is COCCc1ccc(C(=O)O)cn1. The van der Waals surface area contributed by atoms with Gasteiger partial charge in [-0.1, -0.05) is 0 Å². The monoisotopic (exact) mass is 181 g/mol. The lowest BCUT2D eigenvalue weighted by Gasteiger charge is -1.99. The largest absolute Gasteiger partial charge is 0.478 e. The van der Waals surface area contributed by atoms with Gasteiger partial charge in [-0.15, -0.1) is 0 Å². The summed E-state index contributed by atoms with van der Waals surface area (Å²) >= 11 is 0. The van der Waals surface area contributed by atoms with Gasteiger partial charge in [0.05, 0.1) is 12.2 Å². The average molecular weight is 181 g/mol. The van der Waals surface area contributed by atoms with Gasteiger partial charge in [0, 0.05) is 25.4 Å². The second-order valence-corrected chi connectivity index (χ2v) is 2.59. The van der Waals surface area contributed by atoms with Crippen LogP contribution in [0.5, 0.6) is 0 Å². The van der Waals surface area contributed by atoms with Gasteiger partial charge in [-0.25, -0.2) is 4.79 Å². The van der Waals surface area contributed by atoms with Gasteiger partial charge in [0.15, 0.2) is 0 Å². The molecule has 0 radical (unpaired) electrons. The zero-order valence-electron chi connectivity index (χ0n) is 7.36. The number of hydrogen-bond acceptors (Lipinski definition) is 3. The lowest BCUT2D eigenvalue weighted by atomic mass is 10.2. The van der Waals surface area contributed by atoms with Crippen LogP contribution in [-0.2, 0) is 11.2 Å². The molecule has 0 spiro atoms. The predicted octanol–water partition coefficient (Wildman–Crippen LogP) is 0.969. The van der Waals surface area contributed by atoms with Gasteiger partial charge in [0.1, 0.15) is 0 Å². The van der Waals surface area contributed by atoms with Gasteiger partial charge in [0.25, 0.3) is 0 Å². The van der Waals surface area contributed by atoms with Gasteiger partial charge < -0.3 is 9.84 Å². The Hall–Kier alpha value is -1.42. The van der Waals surface area contributed by atoms with Crippen molar-refractivity contribution in [1.82, 2.24) is 4.98 Å². The number of carboxylic acids is 1. The van der Waals surface area contributed by atoms with E-state index in [1.54, 1.807) is 19.2 Å². The molecule has 4 nitrogen and oxygen atoms in total. The van der Waals surface area contributed by atoms with Crippen LogP contribution in [0.3, 0.4) is 0 Å². The average Bonchev–Trinajstić information content (AvgIpc) is 2.15. The highest BCUT2D eigenvalue weighted by Gasteiger charge is 2.02. The van der Waals surface area contributed by atoms with Gasteiger partial charge in [-0.2, -0.15) is 0 Å². The fourth-order valence-corrected chi connectivity index (χ4v) is 0.906. The highest BCUT2D eigenvalue weighted by molar-refractivity contribution is 5.87. The molecule has 0 aliphatic heterocycles. The van der Waals surface area contributed by atoms with Crippen LogP contribution in [0.15, 0.2) is 18.3 Å². The molecule has 0 atom stereocenters. The fraction of sp³-hybridized carbons (Fsp3) is 0.333. The molecule has 0 unspecified atom stereocenters. The van der Waals surface area contributed by atoms with Crippen molar-refractivity contribution in [3.63, 3.8) is 0 Å². The van der Waals surface area contributed by atoms with Crippen molar-refractivity contribution < 1.29 is 14.6 Å². The van der Waals surface area contributed by atoms with Gasteiger partial charge in [-0.05, 0) is 12.1 Å². The molecule has 1 aromatic rings. The molecule has 0 amide bonds. The minimum Gasteiger partial charge on any atom is -0.478 e. The number of rotatable bonds is 4. The standard InChI is InChI=1S/C9H11NO3/c1-13-5-4-8-3-2-7(6-10-8)9(11)12/h2-3,6H,4-5H2,1H3,(H,11,12).